The molecule has 6 nitrogen and oxygen atoms in total. The van der Waals surface area contributed by atoms with Gasteiger partial charge in [0.25, 0.3) is 5.56 Å². The monoisotopic (exact) mass is 499 g/mol. The summed E-state index contributed by atoms with van der Waals surface area (Å²) in [6, 6.07) is 3.98. The average molecular weight is 500 g/mol. The molecular formula is C26H25F4N5O. The van der Waals surface area contributed by atoms with Gasteiger partial charge in [0.15, 0.2) is 5.65 Å². The molecule has 1 aliphatic heterocycles. The van der Waals surface area contributed by atoms with Crippen LogP contribution >= 0.6 is 0 Å². The van der Waals surface area contributed by atoms with Gasteiger partial charge in [-0.2, -0.15) is 13.2 Å². The molecule has 0 amide bonds. The highest BCUT2D eigenvalue weighted by Gasteiger charge is 2.31. The Kier molecular flexibility index (Phi) is 6.36. The van der Waals surface area contributed by atoms with Crippen LogP contribution in [0.15, 0.2) is 64.8 Å². The van der Waals surface area contributed by atoms with E-state index in [0.717, 1.165) is 24.3 Å². The summed E-state index contributed by atoms with van der Waals surface area (Å²) >= 11 is 0. The number of hydrogen-bond donors (Lipinski definition) is 0. The number of piperidine rings is 1. The van der Waals surface area contributed by atoms with Gasteiger partial charge in [0, 0.05) is 37.2 Å². The number of allylic oxidation sites excluding steroid dienone is 3. The summed E-state index contributed by atoms with van der Waals surface area (Å²) in [5, 5.41) is 0. The first kappa shape index (κ1) is 24.1. The molecule has 188 valence electrons. The molecule has 3 aromatic heterocycles. The summed E-state index contributed by atoms with van der Waals surface area (Å²) in [6.07, 6.45) is 3.81. The highest BCUT2D eigenvalue weighted by Crippen LogP contribution is 2.35. The maximum atomic E-state index is 14.5. The molecule has 1 saturated heterocycles. The van der Waals surface area contributed by atoms with Crippen LogP contribution in [0.25, 0.3) is 11.2 Å². The first-order valence-corrected chi connectivity index (χ1v) is 11.9. The Morgan fingerprint density at radius 1 is 1.08 bits per heavy atom. The molecule has 0 unspecified atom stereocenters. The van der Waals surface area contributed by atoms with Gasteiger partial charge in [-0.25, -0.2) is 9.37 Å². The molecule has 36 heavy (non-hydrogen) atoms. The quantitative estimate of drug-likeness (QED) is 0.453. The van der Waals surface area contributed by atoms with E-state index in [-0.39, 0.29) is 23.8 Å². The summed E-state index contributed by atoms with van der Waals surface area (Å²) in [7, 11) is 0. The minimum absolute atomic E-state index is 0.0268. The van der Waals surface area contributed by atoms with Crippen LogP contribution in [0.4, 0.5) is 17.6 Å². The predicted octanol–water partition coefficient (Wildman–Crippen LogP) is 5.35. The summed E-state index contributed by atoms with van der Waals surface area (Å²) in [5.74, 6) is -0.229. The smallest absolute Gasteiger partial charge is 0.369 e. The topological polar surface area (TPSA) is 63.9 Å². The van der Waals surface area contributed by atoms with Gasteiger partial charge in [0.2, 0.25) is 0 Å². The molecule has 0 saturated carbocycles. The van der Waals surface area contributed by atoms with Crippen LogP contribution in [0, 0.1) is 0 Å². The maximum Gasteiger partial charge on any atom is 0.417 e. The Labute approximate surface area is 205 Å². The molecule has 5 rings (SSSR count). The van der Waals surface area contributed by atoms with Crippen molar-refractivity contribution in [3.05, 3.63) is 87.1 Å². The molecule has 0 radical (unpaired) electrons. The zero-order chi connectivity index (χ0) is 25.4. The number of alkyl halides is 3. The Hall–Kier alpha value is -3.56. The van der Waals surface area contributed by atoms with Crippen LogP contribution in [-0.2, 0) is 12.7 Å². The fourth-order valence-electron chi connectivity index (χ4n) is 5.07. The Morgan fingerprint density at radius 3 is 2.50 bits per heavy atom. The molecule has 0 aromatic carbocycles. The standard InChI is InChI=1S/C26H25F4N5O/c1-16-3-2-4-21(27)23(16)34-11-7-17(8-12-34)20-13-22-24(32-10-9-31-22)35(25(20)36)15-19-6-5-18(14-33-19)26(28,29)30/h4-6,9-10,13-14,17H,2-3,7-8,11-12,15H2,1H3. The van der Waals surface area contributed by atoms with Gasteiger partial charge < -0.3 is 4.90 Å². The highest BCUT2D eigenvalue weighted by atomic mass is 19.4. The van der Waals surface area contributed by atoms with Gasteiger partial charge >= 0.3 is 6.18 Å². The van der Waals surface area contributed by atoms with E-state index in [1.807, 2.05) is 6.92 Å². The Morgan fingerprint density at radius 2 is 1.83 bits per heavy atom. The summed E-state index contributed by atoms with van der Waals surface area (Å²) in [6.45, 7) is 3.18. The normalized spacial score (nSPS) is 17.6. The summed E-state index contributed by atoms with van der Waals surface area (Å²) < 4.78 is 54.7. The fourth-order valence-corrected chi connectivity index (χ4v) is 5.07. The van der Waals surface area contributed by atoms with Crippen molar-refractivity contribution in [2.45, 2.75) is 51.2 Å². The molecule has 0 spiro atoms. The molecular weight excluding hydrogens is 474 g/mol. The van der Waals surface area contributed by atoms with Crippen molar-refractivity contribution in [2.75, 3.05) is 13.1 Å². The number of hydrogen-bond acceptors (Lipinski definition) is 5. The molecule has 0 N–H and O–H groups in total. The lowest BCUT2D eigenvalue weighted by Gasteiger charge is -2.36. The van der Waals surface area contributed by atoms with E-state index in [0.29, 0.717) is 60.5 Å². The molecule has 10 heteroatoms. The number of halogens is 4. The van der Waals surface area contributed by atoms with Crippen LogP contribution in [0.5, 0.6) is 0 Å². The first-order chi connectivity index (χ1) is 17.2. The minimum atomic E-state index is -4.49. The number of nitrogens with zero attached hydrogens (tertiary/aromatic N) is 5. The molecule has 1 aliphatic carbocycles. The number of pyridine rings is 2. The van der Waals surface area contributed by atoms with E-state index < -0.39 is 11.7 Å². The van der Waals surface area contributed by atoms with Crippen LogP contribution in [0.2, 0.25) is 0 Å². The van der Waals surface area contributed by atoms with Crippen LogP contribution < -0.4 is 5.56 Å². The van der Waals surface area contributed by atoms with Crippen LogP contribution in [0.3, 0.4) is 0 Å². The van der Waals surface area contributed by atoms with Crippen LogP contribution in [-0.4, -0.2) is 37.5 Å². The van der Waals surface area contributed by atoms with Gasteiger partial charge in [-0.1, -0.05) is 0 Å². The van der Waals surface area contributed by atoms with Gasteiger partial charge in [-0.3, -0.25) is 19.3 Å². The van der Waals surface area contributed by atoms with E-state index in [2.05, 4.69) is 19.9 Å². The lowest BCUT2D eigenvalue weighted by Crippen LogP contribution is -2.36. The van der Waals surface area contributed by atoms with E-state index in [4.69, 9.17) is 0 Å². The van der Waals surface area contributed by atoms with Gasteiger partial charge in [0.1, 0.15) is 11.3 Å². The predicted molar refractivity (Wildman–Crippen MR) is 127 cm³/mol. The van der Waals surface area contributed by atoms with E-state index >= 15 is 0 Å². The van der Waals surface area contributed by atoms with E-state index in [1.165, 1.54) is 23.0 Å². The van der Waals surface area contributed by atoms with Crippen molar-refractivity contribution in [2.24, 2.45) is 0 Å². The van der Waals surface area contributed by atoms with E-state index in [1.54, 1.807) is 12.1 Å². The molecule has 0 atom stereocenters. The van der Waals surface area contributed by atoms with Crippen molar-refractivity contribution in [1.29, 1.82) is 0 Å². The number of rotatable bonds is 4. The van der Waals surface area contributed by atoms with Crippen molar-refractivity contribution in [1.82, 2.24) is 24.4 Å². The molecule has 4 heterocycles. The highest BCUT2D eigenvalue weighted by molar-refractivity contribution is 5.70. The van der Waals surface area contributed by atoms with Gasteiger partial charge in [-0.15, -0.1) is 0 Å². The molecule has 0 bridgehead atoms. The SMILES string of the molecule is CC1=C(N2CCC(c3cc4nccnc4n(Cc4ccc(C(F)(F)F)cn4)c3=O)CC2)C(F)=CCC1. The lowest BCUT2D eigenvalue weighted by atomic mass is 9.89. The van der Waals surface area contributed by atoms with Gasteiger partial charge in [-0.05, 0) is 68.4 Å². The third-order valence-corrected chi connectivity index (χ3v) is 6.94. The molecule has 1 fully saturated rings. The summed E-state index contributed by atoms with van der Waals surface area (Å²) in [4.78, 5) is 28.2. The second-order valence-electron chi connectivity index (χ2n) is 9.27. The first-order valence-electron chi connectivity index (χ1n) is 11.9. The number of aromatic nitrogens is 4. The molecule has 3 aromatic rings. The summed E-state index contributed by atoms with van der Waals surface area (Å²) in [5.41, 5.74) is 2.38. The van der Waals surface area contributed by atoms with Crippen LogP contribution in [0.1, 0.15) is 55.3 Å². The zero-order valence-electron chi connectivity index (χ0n) is 19.7. The largest absolute Gasteiger partial charge is 0.417 e. The third-order valence-electron chi connectivity index (χ3n) is 6.94. The second-order valence-corrected chi connectivity index (χ2v) is 9.27. The van der Waals surface area contributed by atoms with Crippen molar-refractivity contribution < 1.29 is 17.6 Å². The fraction of sp³-hybridized carbons (Fsp3) is 0.385. The van der Waals surface area contributed by atoms with Gasteiger partial charge in [0.05, 0.1) is 23.5 Å². The zero-order valence-corrected chi connectivity index (χ0v) is 19.7. The second kappa shape index (κ2) is 9.48. The van der Waals surface area contributed by atoms with Crippen molar-refractivity contribution in [3.63, 3.8) is 0 Å². The van der Waals surface area contributed by atoms with Crippen molar-refractivity contribution in [3.8, 4) is 0 Å². The number of likely N-dealkylation sites (tertiary alicyclic amines) is 1. The maximum absolute atomic E-state index is 14.5. The lowest BCUT2D eigenvalue weighted by molar-refractivity contribution is -0.137. The Bertz CT molecular complexity index is 1400. The van der Waals surface area contributed by atoms with E-state index in [9.17, 15) is 22.4 Å². The minimum Gasteiger partial charge on any atom is -0.369 e. The Balaban J connectivity index is 1.44. The number of fused-ring (bicyclic) bond motifs is 1. The average Bonchev–Trinajstić information content (AvgIpc) is 2.86. The van der Waals surface area contributed by atoms with Crippen molar-refractivity contribution >= 4 is 11.2 Å². The third kappa shape index (κ3) is 4.64. The molecule has 2 aliphatic rings.